The lowest BCUT2D eigenvalue weighted by atomic mass is 9.60. The zero-order valence-corrected chi connectivity index (χ0v) is 18.8. The van der Waals surface area contributed by atoms with E-state index in [1.54, 1.807) is 12.4 Å². The first kappa shape index (κ1) is 19.9. The lowest BCUT2D eigenvalue weighted by Crippen LogP contribution is -2.52. The van der Waals surface area contributed by atoms with Crippen LogP contribution in [0.2, 0.25) is 0 Å². The highest BCUT2D eigenvalue weighted by Gasteiger charge is 2.65. The number of rotatable bonds is 4. The van der Waals surface area contributed by atoms with Gasteiger partial charge in [0.15, 0.2) is 0 Å². The van der Waals surface area contributed by atoms with Crippen LogP contribution in [0.5, 0.6) is 0 Å². The molecule has 0 aliphatic carbocycles. The fourth-order valence-corrected chi connectivity index (χ4v) is 6.94. The number of anilines is 1. The van der Waals surface area contributed by atoms with Gasteiger partial charge in [-0.25, -0.2) is 9.97 Å². The van der Waals surface area contributed by atoms with Gasteiger partial charge in [-0.2, -0.15) is 0 Å². The van der Waals surface area contributed by atoms with Crippen LogP contribution in [0.1, 0.15) is 35.9 Å². The van der Waals surface area contributed by atoms with E-state index in [9.17, 15) is 4.79 Å². The number of piperidine rings is 1. The molecule has 0 aromatic carbocycles. The first-order valence-corrected chi connectivity index (χ1v) is 12.0. The molecule has 5 heterocycles. The number of nitrogens with zero attached hydrogens (tertiary/aromatic N) is 5. The minimum Gasteiger partial charge on any atom is -0.342 e. The highest BCUT2D eigenvalue weighted by Crippen LogP contribution is 2.58. The number of carbonyl (C=O) groups excluding carboxylic acids is 1. The van der Waals surface area contributed by atoms with Gasteiger partial charge in [0, 0.05) is 60.3 Å². The fraction of sp³-hybridized carbons (Fsp3) is 0.609. The lowest BCUT2D eigenvalue weighted by Gasteiger charge is -2.46. The lowest BCUT2D eigenvalue weighted by molar-refractivity contribution is -0.142. The highest BCUT2D eigenvalue weighted by atomic mass is 32.1. The third-order valence-corrected chi connectivity index (χ3v) is 8.67. The van der Waals surface area contributed by atoms with Crippen molar-refractivity contribution in [2.45, 2.75) is 39.7 Å². The van der Waals surface area contributed by atoms with Gasteiger partial charge in [-0.3, -0.25) is 9.69 Å². The number of aryl methyl sites for hydroxylation is 1. The van der Waals surface area contributed by atoms with E-state index in [0.717, 1.165) is 71.0 Å². The van der Waals surface area contributed by atoms with Crippen LogP contribution in [-0.4, -0.2) is 64.9 Å². The van der Waals surface area contributed by atoms with Crippen LogP contribution in [0.15, 0.2) is 30.6 Å². The molecule has 0 N–H and O–H groups in total. The second-order valence-electron chi connectivity index (χ2n) is 9.19. The normalized spacial score (nSPS) is 26.4. The second kappa shape index (κ2) is 7.61. The molecule has 0 radical (unpaired) electrons. The molecule has 3 aliphatic rings. The Hall–Kier alpha value is -1.99. The van der Waals surface area contributed by atoms with Crippen LogP contribution in [0.25, 0.3) is 0 Å². The molecule has 3 saturated heterocycles. The van der Waals surface area contributed by atoms with E-state index in [1.165, 1.54) is 9.75 Å². The summed E-state index contributed by atoms with van der Waals surface area (Å²) in [7, 11) is 0. The number of carbonyl (C=O) groups is 1. The number of amides is 1. The summed E-state index contributed by atoms with van der Waals surface area (Å²) < 4.78 is 0. The number of hydrogen-bond donors (Lipinski definition) is 0. The molecule has 7 heteroatoms. The monoisotopic (exact) mass is 425 g/mol. The van der Waals surface area contributed by atoms with E-state index in [2.05, 4.69) is 50.6 Å². The van der Waals surface area contributed by atoms with Crippen LogP contribution in [0.3, 0.4) is 0 Å². The maximum Gasteiger partial charge on any atom is 0.231 e. The van der Waals surface area contributed by atoms with Crippen molar-refractivity contribution in [3.05, 3.63) is 40.3 Å². The minimum atomic E-state index is -0.284. The fourth-order valence-electron chi connectivity index (χ4n) is 6.01. The van der Waals surface area contributed by atoms with Gasteiger partial charge in [0.1, 0.15) is 0 Å². The van der Waals surface area contributed by atoms with Gasteiger partial charge >= 0.3 is 0 Å². The minimum absolute atomic E-state index is 0.0229. The maximum atomic E-state index is 13.6. The summed E-state index contributed by atoms with van der Waals surface area (Å²) in [6.07, 6.45) is 6.72. The van der Waals surface area contributed by atoms with Crippen molar-refractivity contribution >= 4 is 23.2 Å². The summed E-state index contributed by atoms with van der Waals surface area (Å²) >= 11 is 1.90. The Balaban J connectivity index is 1.39. The largest absolute Gasteiger partial charge is 0.342 e. The predicted octanol–water partition coefficient (Wildman–Crippen LogP) is 3.19. The Labute approximate surface area is 182 Å². The van der Waals surface area contributed by atoms with E-state index < -0.39 is 0 Å². The number of likely N-dealkylation sites (tertiary alicyclic amines) is 2. The van der Waals surface area contributed by atoms with E-state index in [1.807, 2.05) is 17.4 Å². The van der Waals surface area contributed by atoms with Crippen LogP contribution in [0.4, 0.5) is 5.95 Å². The van der Waals surface area contributed by atoms with Crippen molar-refractivity contribution < 1.29 is 4.79 Å². The van der Waals surface area contributed by atoms with Crippen molar-refractivity contribution in [1.82, 2.24) is 19.8 Å². The molecule has 6 nitrogen and oxygen atoms in total. The molecule has 5 rings (SSSR count). The Kier molecular flexibility index (Phi) is 5.06. The highest BCUT2D eigenvalue weighted by molar-refractivity contribution is 7.11. The molecular weight excluding hydrogens is 394 g/mol. The molecule has 2 spiro atoms. The Morgan fingerprint density at radius 3 is 2.47 bits per heavy atom. The average molecular weight is 426 g/mol. The van der Waals surface area contributed by atoms with Crippen molar-refractivity contribution in [1.29, 1.82) is 0 Å². The van der Waals surface area contributed by atoms with Gasteiger partial charge in [0.2, 0.25) is 11.9 Å². The van der Waals surface area contributed by atoms with Crippen molar-refractivity contribution in [2.75, 3.05) is 44.2 Å². The van der Waals surface area contributed by atoms with Gasteiger partial charge in [-0.05, 0) is 64.4 Å². The summed E-state index contributed by atoms with van der Waals surface area (Å²) in [6, 6.07) is 6.33. The molecule has 160 valence electrons. The molecule has 30 heavy (non-hydrogen) atoms. The Morgan fingerprint density at radius 2 is 1.83 bits per heavy atom. The van der Waals surface area contributed by atoms with E-state index in [-0.39, 0.29) is 10.8 Å². The maximum absolute atomic E-state index is 13.6. The van der Waals surface area contributed by atoms with Crippen LogP contribution >= 0.6 is 11.3 Å². The zero-order valence-electron chi connectivity index (χ0n) is 18.0. The second-order valence-corrected chi connectivity index (χ2v) is 10.6. The van der Waals surface area contributed by atoms with Gasteiger partial charge in [0.25, 0.3) is 0 Å². The third-order valence-electron chi connectivity index (χ3n) is 7.68. The molecule has 0 unspecified atom stereocenters. The third kappa shape index (κ3) is 3.14. The van der Waals surface area contributed by atoms with Gasteiger partial charge in [-0.1, -0.05) is 0 Å². The number of fused-ring (bicyclic) bond motifs is 1. The standard InChI is InChI=1S/C23H31N5OS/c1-3-27-14-9-23(20(27)29)17-28(21-24-10-4-11-25-21)16-22(23)7-12-26(13-8-22)15-19-6-5-18(2)30-19/h4-6,10-11H,3,7-9,12-17H2,1-2H3/t23-/m0/s1. The van der Waals surface area contributed by atoms with Gasteiger partial charge < -0.3 is 9.80 Å². The summed E-state index contributed by atoms with van der Waals surface area (Å²) in [4.78, 5) is 32.4. The molecular formula is C23H31N5OS. The topological polar surface area (TPSA) is 52.6 Å². The van der Waals surface area contributed by atoms with Crippen LogP contribution < -0.4 is 4.90 Å². The van der Waals surface area contributed by atoms with Crippen LogP contribution in [0, 0.1) is 17.8 Å². The first-order chi connectivity index (χ1) is 14.6. The summed E-state index contributed by atoms with van der Waals surface area (Å²) in [5.74, 6) is 1.14. The first-order valence-electron chi connectivity index (χ1n) is 11.1. The van der Waals surface area contributed by atoms with E-state index in [0.29, 0.717) is 5.91 Å². The van der Waals surface area contributed by atoms with Crippen LogP contribution in [-0.2, 0) is 11.3 Å². The summed E-state index contributed by atoms with van der Waals surface area (Å²) in [5.41, 5.74) is -0.261. The number of hydrogen-bond acceptors (Lipinski definition) is 6. The summed E-state index contributed by atoms with van der Waals surface area (Å²) in [6.45, 7) is 10.8. The van der Waals surface area contributed by atoms with Crippen molar-refractivity contribution in [2.24, 2.45) is 10.8 Å². The zero-order chi connectivity index (χ0) is 20.8. The SMILES string of the molecule is CCN1CC[C@]2(CN(c3ncccn3)CC23CCN(Cc2ccc(C)s2)CC3)C1=O. The summed E-state index contributed by atoms with van der Waals surface area (Å²) in [5, 5.41) is 0. The average Bonchev–Trinajstić information content (AvgIpc) is 3.42. The predicted molar refractivity (Wildman–Crippen MR) is 120 cm³/mol. The molecule has 0 bridgehead atoms. The molecule has 1 amide bonds. The van der Waals surface area contributed by atoms with Gasteiger partial charge in [0.05, 0.1) is 5.41 Å². The Morgan fingerprint density at radius 1 is 1.07 bits per heavy atom. The Bertz CT molecular complexity index is 907. The molecule has 1 atom stereocenters. The van der Waals surface area contributed by atoms with Gasteiger partial charge in [-0.15, -0.1) is 11.3 Å². The quantitative estimate of drug-likeness (QED) is 0.753. The van der Waals surface area contributed by atoms with E-state index >= 15 is 0 Å². The van der Waals surface area contributed by atoms with E-state index in [4.69, 9.17) is 0 Å². The molecule has 2 aromatic rings. The molecule has 2 aromatic heterocycles. The number of thiophene rings is 1. The van der Waals surface area contributed by atoms with Crippen molar-refractivity contribution in [3.8, 4) is 0 Å². The molecule has 3 aliphatic heterocycles. The molecule has 0 saturated carbocycles. The smallest absolute Gasteiger partial charge is 0.231 e. The number of aromatic nitrogens is 2. The molecule has 3 fully saturated rings. The van der Waals surface area contributed by atoms with Crippen molar-refractivity contribution in [3.63, 3.8) is 0 Å².